The van der Waals surface area contributed by atoms with Crippen molar-refractivity contribution in [2.75, 3.05) is 25.5 Å². The monoisotopic (exact) mass is 392 g/mol. The molecule has 2 heterocycles. The average Bonchev–Trinajstić information content (AvgIpc) is 3.10. The molecule has 0 spiro atoms. The van der Waals surface area contributed by atoms with Gasteiger partial charge < -0.3 is 20.4 Å². The van der Waals surface area contributed by atoms with E-state index in [1.807, 2.05) is 18.2 Å². The summed E-state index contributed by atoms with van der Waals surface area (Å²) in [7, 11) is 1.58. The van der Waals surface area contributed by atoms with Gasteiger partial charge >= 0.3 is 6.18 Å². The molecule has 2 aromatic heterocycles. The molecule has 0 atom stereocenters. The summed E-state index contributed by atoms with van der Waals surface area (Å²) in [5, 5.41) is 6.62. The first-order valence-corrected chi connectivity index (χ1v) is 8.59. The van der Waals surface area contributed by atoms with E-state index in [4.69, 9.17) is 4.74 Å². The quantitative estimate of drug-likeness (QED) is 0.534. The zero-order chi connectivity index (χ0) is 20.1. The largest absolute Gasteiger partial charge is 0.497 e. The molecule has 9 heteroatoms. The van der Waals surface area contributed by atoms with Crippen LogP contribution >= 0.6 is 0 Å². The van der Waals surface area contributed by atoms with E-state index in [0.717, 1.165) is 23.2 Å². The van der Waals surface area contributed by atoms with E-state index in [9.17, 15) is 18.0 Å². The zero-order valence-corrected chi connectivity index (χ0v) is 15.1. The number of alkyl halides is 3. The van der Waals surface area contributed by atoms with Gasteiger partial charge in [0, 0.05) is 36.3 Å². The molecule has 28 heavy (non-hydrogen) atoms. The third-order valence-electron chi connectivity index (χ3n) is 4.11. The number of H-pyrrole nitrogens is 1. The molecular formula is C19H19F3N4O2. The number of hydrogen-bond donors (Lipinski definition) is 3. The summed E-state index contributed by atoms with van der Waals surface area (Å²) in [5.74, 6) is 0.816. The third kappa shape index (κ3) is 4.73. The van der Waals surface area contributed by atoms with Crippen molar-refractivity contribution in [1.29, 1.82) is 0 Å². The van der Waals surface area contributed by atoms with Gasteiger partial charge in [0.05, 0.1) is 12.7 Å². The third-order valence-corrected chi connectivity index (χ3v) is 4.11. The van der Waals surface area contributed by atoms with Gasteiger partial charge in [0.15, 0.2) is 0 Å². The van der Waals surface area contributed by atoms with Gasteiger partial charge in [-0.25, -0.2) is 4.98 Å². The van der Waals surface area contributed by atoms with Crippen molar-refractivity contribution in [3.8, 4) is 5.75 Å². The predicted molar refractivity (Wildman–Crippen MR) is 99.5 cm³/mol. The van der Waals surface area contributed by atoms with Crippen LogP contribution in [0, 0.1) is 0 Å². The van der Waals surface area contributed by atoms with Crippen molar-refractivity contribution in [3.05, 3.63) is 53.9 Å². The fraction of sp³-hybridized carbons (Fsp3) is 0.263. The molecule has 0 aliphatic heterocycles. The molecule has 0 fully saturated rings. The number of carbonyl (C=O) groups excluding carboxylic acids is 1. The summed E-state index contributed by atoms with van der Waals surface area (Å²) in [6.07, 6.45) is -3.03. The maximum Gasteiger partial charge on any atom is 0.417 e. The Balaban J connectivity index is 1.44. The minimum absolute atomic E-state index is 0.233. The number of nitrogens with one attached hydrogen (secondary N) is 3. The molecular weight excluding hydrogens is 373 g/mol. The normalized spacial score (nSPS) is 11.4. The van der Waals surface area contributed by atoms with Crippen molar-refractivity contribution in [2.45, 2.75) is 12.6 Å². The van der Waals surface area contributed by atoms with E-state index in [0.29, 0.717) is 36.8 Å². The summed E-state index contributed by atoms with van der Waals surface area (Å²) >= 11 is 0. The highest BCUT2D eigenvalue weighted by molar-refractivity contribution is 5.98. The summed E-state index contributed by atoms with van der Waals surface area (Å²) in [6, 6.07) is 9.50. The minimum atomic E-state index is -4.40. The lowest BCUT2D eigenvalue weighted by Crippen LogP contribution is -2.26. The number of carbonyl (C=O) groups is 1. The number of amides is 1. The van der Waals surface area contributed by atoms with Crippen molar-refractivity contribution >= 4 is 22.6 Å². The number of aromatic nitrogens is 2. The maximum absolute atomic E-state index is 12.5. The topological polar surface area (TPSA) is 79.0 Å². The Morgan fingerprint density at radius 3 is 2.68 bits per heavy atom. The van der Waals surface area contributed by atoms with Crippen molar-refractivity contribution in [1.82, 2.24) is 15.3 Å². The lowest BCUT2D eigenvalue weighted by atomic mass is 10.2. The van der Waals surface area contributed by atoms with Crippen LogP contribution in [0.2, 0.25) is 0 Å². The van der Waals surface area contributed by atoms with Gasteiger partial charge in [-0.2, -0.15) is 13.2 Å². The molecule has 0 aliphatic rings. The van der Waals surface area contributed by atoms with Crippen molar-refractivity contribution < 1.29 is 22.7 Å². The van der Waals surface area contributed by atoms with Gasteiger partial charge in [0.1, 0.15) is 17.3 Å². The van der Waals surface area contributed by atoms with E-state index in [-0.39, 0.29) is 5.91 Å². The number of pyridine rings is 1. The van der Waals surface area contributed by atoms with Crippen LogP contribution in [-0.2, 0) is 6.18 Å². The predicted octanol–water partition coefficient (Wildman–Crippen LogP) is 3.82. The minimum Gasteiger partial charge on any atom is -0.497 e. The lowest BCUT2D eigenvalue weighted by Gasteiger charge is -2.09. The highest BCUT2D eigenvalue weighted by Gasteiger charge is 2.30. The zero-order valence-electron chi connectivity index (χ0n) is 15.1. The first-order chi connectivity index (χ1) is 13.4. The van der Waals surface area contributed by atoms with E-state index < -0.39 is 11.7 Å². The fourth-order valence-electron chi connectivity index (χ4n) is 2.62. The molecule has 0 bridgehead atoms. The van der Waals surface area contributed by atoms with Crippen LogP contribution in [0.4, 0.5) is 19.0 Å². The second kappa shape index (κ2) is 8.20. The van der Waals surface area contributed by atoms with Gasteiger partial charge in [-0.05, 0) is 36.8 Å². The van der Waals surface area contributed by atoms with E-state index >= 15 is 0 Å². The summed E-state index contributed by atoms with van der Waals surface area (Å²) in [5.41, 5.74) is 0.460. The molecule has 0 radical (unpaired) electrons. The van der Waals surface area contributed by atoms with Crippen LogP contribution in [0.15, 0.2) is 42.6 Å². The standard InChI is InChI=1S/C19H19F3N4O2/c1-28-14-5-3-12-9-16(26-15(12)10-14)18(27)24-8-2-7-23-17-6-4-13(11-25-17)19(20,21)22/h3-6,9-11,26H,2,7-8H2,1H3,(H,23,25)(H,24,27). The SMILES string of the molecule is COc1ccc2cc(C(=O)NCCCNc3ccc(C(F)(F)F)cn3)[nH]c2c1. The molecule has 0 unspecified atom stereocenters. The number of ether oxygens (including phenoxy) is 1. The second-order valence-electron chi connectivity index (χ2n) is 6.10. The summed E-state index contributed by atoms with van der Waals surface area (Å²) in [4.78, 5) is 19.0. The Kier molecular flexibility index (Phi) is 5.72. The van der Waals surface area contributed by atoms with Crippen LogP contribution in [-0.4, -0.2) is 36.1 Å². The highest BCUT2D eigenvalue weighted by atomic mass is 19.4. The number of halogens is 3. The number of fused-ring (bicyclic) bond motifs is 1. The highest BCUT2D eigenvalue weighted by Crippen LogP contribution is 2.28. The average molecular weight is 392 g/mol. The molecule has 0 aliphatic carbocycles. The van der Waals surface area contributed by atoms with Gasteiger partial charge in [-0.3, -0.25) is 4.79 Å². The van der Waals surface area contributed by atoms with Crippen LogP contribution < -0.4 is 15.4 Å². The number of nitrogens with zero attached hydrogens (tertiary/aromatic N) is 1. The lowest BCUT2D eigenvalue weighted by molar-refractivity contribution is -0.137. The van der Waals surface area contributed by atoms with Gasteiger partial charge in [0.25, 0.3) is 5.91 Å². The van der Waals surface area contributed by atoms with E-state index in [1.54, 1.807) is 13.2 Å². The molecule has 0 saturated heterocycles. The first-order valence-electron chi connectivity index (χ1n) is 8.59. The molecule has 1 amide bonds. The molecule has 1 aromatic carbocycles. The van der Waals surface area contributed by atoms with Crippen LogP contribution in [0.1, 0.15) is 22.5 Å². The molecule has 0 saturated carbocycles. The van der Waals surface area contributed by atoms with Crippen molar-refractivity contribution in [2.24, 2.45) is 0 Å². The number of hydrogen-bond acceptors (Lipinski definition) is 4. The Morgan fingerprint density at radius 1 is 1.18 bits per heavy atom. The molecule has 148 valence electrons. The molecule has 3 N–H and O–H groups in total. The smallest absolute Gasteiger partial charge is 0.417 e. The Bertz CT molecular complexity index is 952. The van der Waals surface area contributed by atoms with E-state index in [2.05, 4.69) is 20.6 Å². The fourth-order valence-corrected chi connectivity index (χ4v) is 2.62. The van der Waals surface area contributed by atoms with Crippen molar-refractivity contribution in [3.63, 3.8) is 0 Å². The second-order valence-corrected chi connectivity index (χ2v) is 6.10. The van der Waals surface area contributed by atoms with Gasteiger partial charge in [0.2, 0.25) is 0 Å². The first kappa shape index (κ1) is 19.5. The Morgan fingerprint density at radius 2 is 2.00 bits per heavy atom. The number of aromatic amines is 1. The number of rotatable bonds is 7. The number of methoxy groups -OCH3 is 1. The summed E-state index contributed by atoms with van der Waals surface area (Å²) < 4.78 is 42.6. The van der Waals surface area contributed by atoms with Crippen LogP contribution in [0.5, 0.6) is 5.75 Å². The Hall–Kier alpha value is -3.23. The van der Waals surface area contributed by atoms with Gasteiger partial charge in [-0.1, -0.05) is 0 Å². The van der Waals surface area contributed by atoms with Gasteiger partial charge in [-0.15, -0.1) is 0 Å². The molecule has 3 rings (SSSR count). The summed E-state index contributed by atoms with van der Waals surface area (Å²) in [6.45, 7) is 0.869. The molecule has 6 nitrogen and oxygen atoms in total. The molecule has 3 aromatic rings. The Labute approximate surface area is 159 Å². The van der Waals surface area contributed by atoms with E-state index in [1.165, 1.54) is 6.07 Å². The number of anilines is 1. The maximum atomic E-state index is 12.5. The van der Waals surface area contributed by atoms with Crippen LogP contribution in [0.25, 0.3) is 10.9 Å². The number of benzene rings is 1. The van der Waals surface area contributed by atoms with Crippen LogP contribution in [0.3, 0.4) is 0 Å².